The summed E-state index contributed by atoms with van der Waals surface area (Å²) in [7, 11) is 0. The monoisotopic (exact) mass is 405 g/mol. The van der Waals surface area contributed by atoms with Gasteiger partial charge in [-0.05, 0) is 61.8 Å². The molecule has 0 heterocycles. The molecular weight excluding hydrogens is 362 g/mol. The van der Waals surface area contributed by atoms with Crippen molar-refractivity contribution in [2.75, 3.05) is 18.0 Å². The lowest BCUT2D eigenvalue weighted by Gasteiger charge is -2.25. The maximum absolute atomic E-state index is 2.60. The predicted molar refractivity (Wildman–Crippen MR) is 133 cm³/mol. The first-order valence-corrected chi connectivity index (χ1v) is 12.6. The third-order valence-corrected chi connectivity index (χ3v) is 6.88. The Balaban J connectivity index is 1.41. The van der Waals surface area contributed by atoms with Crippen LogP contribution in [0.5, 0.6) is 0 Å². The Hall–Kier alpha value is -1.76. The largest absolute Gasteiger partial charge is 0.372 e. The van der Waals surface area contributed by atoms with Gasteiger partial charge >= 0.3 is 0 Å². The van der Waals surface area contributed by atoms with Gasteiger partial charge in [-0.25, -0.2) is 0 Å². The van der Waals surface area contributed by atoms with E-state index in [0.717, 1.165) is 18.8 Å². The summed E-state index contributed by atoms with van der Waals surface area (Å²) in [5.41, 5.74) is 5.63. The van der Waals surface area contributed by atoms with Crippen LogP contribution in [0.25, 0.3) is 0 Å². The van der Waals surface area contributed by atoms with Crippen LogP contribution >= 0.6 is 0 Å². The van der Waals surface area contributed by atoms with Crippen molar-refractivity contribution in [3.63, 3.8) is 0 Å². The Morgan fingerprint density at radius 3 is 2.00 bits per heavy atom. The van der Waals surface area contributed by atoms with Crippen LogP contribution in [-0.4, -0.2) is 13.1 Å². The van der Waals surface area contributed by atoms with Crippen molar-refractivity contribution in [3.8, 4) is 0 Å². The highest BCUT2D eigenvalue weighted by molar-refractivity contribution is 5.47. The first-order valence-electron chi connectivity index (χ1n) is 12.6. The van der Waals surface area contributed by atoms with Crippen LogP contribution in [0.3, 0.4) is 0 Å². The fourth-order valence-corrected chi connectivity index (χ4v) is 4.95. The van der Waals surface area contributed by atoms with E-state index in [1.165, 1.54) is 99.7 Å². The van der Waals surface area contributed by atoms with Crippen molar-refractivity contribution < 1.29 is 0 Å². The molecule has 0 aliphatic heterocycles. The molecule has 2 aromatic rings. The van der Waals surface area contributed by atoms with Gasteiger partial charge in [-0.2, -0.15) is 0 Å². The molecule has 0 amide bonds. The van der Waals surface area contributed by atoms with E-state index < -0.39 is 0 Å². The molecule has 3 rings (SSSR count). The first-order chi connectivity index (χ1) is 14.7. The van der Waals surface area contributed by atoms with Crippen LogP contribution < -0.4 is 4.90 Å². The van der Waals surface area contributed by atoms with Crippen LogP contribution in [0.4, 0.5) is 5.69 Å². The molecule has 0 unspecified atom stereocenters. The van der Waals surface area contributed by atoms with E-state index in [-0.39, 0.29) is 0 Å². The van der Waals surface area contributed by atoms with Crippen LogP contribution in [0.15, 0.2) is 48.5 Å². The normalized spacial score (nSPS) is 14.7. The second-order valence-electron chi connectivity index (χ2n) is 9.49. The van der Waals surface area contributed by atoms with Gasteiger partial charge in [-0.15, -0.1) is 0 Å². The molecule has 0 N–H and O–H groups in total. The van der Waals surface area contributed by atoms with Crippen LogP contribution in [0.1, 0.15) is 87.8 Å². The molecular formula is C29H43N. The summed E-state index contributed by atoms with van der Waals surface area (Å²) < 4.78 is 0. The standard InChI is InChI=1S/C29H43N/c1-3-23-30(24-9-5-8-12-26-10-6-4-7-11-26)29-21-19-28(20-22-29)18-17-27-15-13-25(2)14-16-27/h13-16,19-22,26H,3-12,17-18,23-24H2,1-2H3. The van der Waals surface area contributed by atoms with E-state index in [9.17, 15) is 0 Å². The van der Waals surface area contributed by atoms with Gasteiger partial charge in [0.15, 0.2) is 0 Å². The van der Waals surface area contributed by atoms with E-state index in [2.05, 4.69) is 67.3 Å². The third kappa shape index (κ3) is 7.82. The molecule has 1 heteroatoms. The van der Waals surface area contributed by atoms with Crippen molar-refractivity contribution in [2.24, 2.45) is 5.92 Å². The van der Waals surface area contributed by atoms with Crippen molar-refractivity contribution >= 4 is 5.69 Å². The van der Waals surface area contributed by atoms with Gasteiger partial charge in [-0.1, -0.05) is 100 Å². The SMILES string of the molecule is CCCN(CCCCCC1CCCCC1)c1ccc(CCc2ccc(C)cc2)cc1. The van der Waals surface area contributed by atoms with E-state index in [4.69, 9.17) is 0 Å². The lowest BCUT2D eigenvalue weighted by atomic mass is 9.85. The number of nitrogens with zero attached hydrogens (tertiary/aromatic N) is 1. The summed E-state index contributed by atoms with van der Waals surface area (Å²) in [6.45, 7) is 6.83. The molecule has 1 aliphatic carbocycles. The Bertz CT molecular complexity index is 694. The summed E-state index contributed by atoms with van der Waals surface area (Å²) in [6.07, 6.45) is 16.5. The molecule has 0 atom stereocenters. The molecule has 164 valence electrons. The molecule has 2 aromatic carbocycles. The van der Waals surface area contributed by atoms with Gasteiger partial charge in [0, 0.05) is 18.8 Å². The Kier molecular flexibility index (Phi) is 9.80. The number of aryl methyl sites for hydroxylation is 3. The van der Waals surface area contributed by atoms with Gasteiger partial charge in [-0.3, -0.25) is 0 Å². The lowest BCUT2D eigenvalue weighted by molar-refractivity contribution is 0.329. The fraction of sp³-hybridized carbons (Fsp3) is 0.586. The number of benzene rings is 2. The second kappa shape index (κ2) is 12.8. The summed E-state index contributed by atoms with van der Waals surface area (Å²) in [6, 6.07) is 18.4. The number of anilines is 1. The van der Waals surface area contributed by atoms with E-state index in [0.29, 0.717) is 0 Å². The number of rotatable bonds is 12. The number of hydrogen-bond acceptors (Lipinski definition) is 1. The summed E-state index contributed by atoms with van der Waals surface area (Å²) in [4.78, 5) is 2.60. The fourth-order valence-electron chi connectivity index (χ4n) is 4.95. The number of hydrogen-bond donors (Lipinski definition) is 0. The maximum atomic E-state index is 2.60. The van der Waals surface area contributed by atoms with Crippen LogP contribution in [0, 0.1) is 12.8 Å². The Morgan fingerprint density at radius 2 is 1.37 bits per heavy atom. The van der Waals surface area contributed by atoms with E-state index in [1.54, 1.807) is 0 Å². The van der Waals surface area contributed by atoms with Crippen molar-refractivity contribution in [1.29, 1.82) is 0 Å². The minimum absolute atomic E-state index is 1.04. The molecule has 0 spiro atoms. The van der Waals surface area contributed by atoms with Crippen LogP contribution in [-0.2, 0) is 12.8 Å². The van der Waals surface area contributed by atoms with Gasteiger partial charge in [0.2, 0.25) is 0 Å². The molecule has 1 fully saturated rings. The van der Waals surface area contributed by atoms with E-state index in [1.807, 2.05) is 0 Å². The average molecular weight is 406 g/mol. The van der Waals surface area contributed by atoms with Crippen LogP contribution in [0.2, 0.25) is 0 Å². The molecule has 0 saturated heterocycles. The first kappa shape index (κ1) is 22.9. The second-order valence-corrected chi connectivity index (χ2v) is 9.49. The van der Waals surface area contributed by atoms with E-state index >= 15 is 0 Å². The van der Waals surface area contributed by atoms with Crippen molar-refractivity contribution in [3.05, 3.63) is 65.2 Å². The molecule has 1 saturated carbocycles. The highest BCUT2D eigenvalue weighted by Crippen LogP contribution is 2.28. The topological polar surface area (TPSA) is 3.24 Å². The summed E-state index contributed by atoms with van der Waals surface area (Å²) in [5, 5.41) is 0. The Labute approximate surface area is 185 Å². The number of unbranched alkanes of at least 4 members (excludes halogenated alkanes) is 2. The third-order valence-electron chi connectivity index (χ3n) is 6.88. The van der Waals surface area contributed by atoms with Crippen molar-refractivity contribution in [2.45, 2.75) is 90.9 Å². The zero-order valence-electron chi connectivity index (χ0n) is 19.5. The quantitative estimate of drug-likeness (QED) is 0.322. The summed E-state index contributed by atoms with van der Waals surface area (Å²) >= 11 is 0. The molecule has 0 radical (unpaired) electrons. The van der Waals surface area contributed by atoms with Gasteiger partial charge in [0.05, 0.1) is 0 Å². The molecule has 0 aromatic heterocycles. The molecule has 0 bridgehead atoms. The minimum Gasteiger partial charge on any atom is -0.372 e. The zero-order valence-corrected chi connectivity index (χ0v) is 19.5. The maximum Gasteiger partial charge on any atom is 0.0366 e. The van der Waals surface area contributed by atoms with Gasteiger partial charge in [0.1, 0.15) is 0 Å². The summed E-state index contributed by atoms with van der Waals surface area (Å²) in [5.74, 6) is 1.04. The molecule has 30 heavy (non-hydrogen) atoms. The molecule has 1 aliphatic rings. The molecule has 1 nitrogen and oxygen atoms in total. The highest BCUT2D eigenvalue weighted by Gasteiger charge is 2.12. The minimum atomic E-state index is 1.04. The zero-order chi connectivity index (χ0) is 21.0. The average Bonchev–Trinajstić information content (AvgIpc) is 2.79. The van der Waals surface area contributed by atoms with Crippen molar-refractivity contribution in [1.82, 2.24) is 0 Å². The van der Waals surface area contributed by atoms with Gasteiger partial charge in [0.25, 0.3) is 0 Å². The lowest BCUT2D eigenvalue weighted by Crippen LogP contribution is -2.25. The Morgan fingerprint density at radius 1 is 0.733 bits per heavy atom. The van der Waals surface area contributed by atoms with Gasteiger partial charge < -0.3 is 4.90 Å². The predicted octanol–water partition coefficient (Wildman–Crippen LogP) is 8.14. The highest BCUT2D eigenvalue weighted by atomic mass is 15.1. The smallest absolute Gasteiger partial charge is 0.0366 e.